The molecule has 0 radical (unpaired) electrons. The molecule has 0 spiro atoms. The van der Waals surface area contributed by atoms with Crippen LogP contribution in [0.2, 0.25) is 0 Å². The first-order valence-electron chi connectivity index (χ1n) is 6.26. The van der Waals surface area contributed by atoms with Crippen LogP contribution in [-0.2, 0) is 14.8 Å². The smallest absolute Gasteiger partial charge is 0.322 e. The van der Waals surface area contributed by atoms with Gasteiger partial charge in [0.15, 0.2) is 0 Å². The highest BCUT2D eigenvalue weighted by Crippen LogP contribution is 2.36. The van der Waals surface area contributed by atoms with Gasteiger partial charge in [-0.25, -0.2) is 8.42 Å². The molecule has 2 heterocycles. The summed E-state index contributed by atoms with van der Waals surface area (Å²) in [6.45, 7) is 1.95. The number of aromatic nitrogens is 1. The zero-order valence-electron chi connectivity index (χ0n) is 11.0. The number of pyridine rings is 1. The minimum absolute atomic E-state index is 0.0369. The Balaban J connectivity index is 2.41. The van der Waals surface area contributed by atoms with Gasteiger partial charge in [0.25, 0.3) is 0 Å². The van der Waals surface area contributed by atoms with Gasteiger partial charge in [-0.05, 0) is 18.6 Å². The molecule has 0 bridgehead atoms. The Hall–Kier alpha value is -1.12. The van der Waals surface area contributed by atoms with E-state index in [2.05, 4.69) is 4.98 Å². The van der Waals surface area contributed by atoms with Gasteiger partial charge < -0.3 is 5.11 Å². The van der Waals surface area contributed by atoms with Crippen LogP contribution < -0.4 is 0 Å². The quantitative estimate of drug-likeness (QED) is 0.883. The van der Waals surface area contributed by atoms with Crippen LogP contribution in [0.3, 0.4) is 0 Å². The highest BCUT2D eigenvalue weighted by Gasteiger charge is 2.45. The van der Waals surface area contributed by atoms with Gasteiger partial charge in [-0.3, -0.25) is 9.78 Å². The highest BCUT2D eigenvalue weighted by molar-refractivity contribution is 8.01. The lowest BCUT2D eigenvalue weighted by molar-refractivity contribution is -0.140. The van der Waals surface area contributed by atoms with E-state index < -0.39 is 22.0 Å². The average molecular weight is 316 g/mol. The lowest BCUT2D eigenvalue weighted by Gasteiger charge is -2.26. The molecule has 2 rings (SSSR count). The van der Waals surface area contributed by atoms with Crippen LogP contribution in [-0.4, -0.2) is 46.0 Å². The van der Waals surface area contributed by atoms with Gasteiger partial charge in [0, 0.05) is 18.1 Å². The number of aliphatic carboxylic acids is 1. The van der Waals surface area contributed by atoms with E-state index in [1.807, 2.05) is 6.92 Å². The van der Waals surface area contributed by atoms with Gasteiger partial charge in [-0.1, -0.05) is 13.3 Å². The monoisotopic (exact) mass is 316 g/mol. The number of hydrogen-bond donors (Lipinski definition) is 1. The molecule has 0 aliphatic carbocycles. The van der Waals surface area contributed by atoms with E-state index in [0.717, 1.165) is 10.7 Å². The Labute approximate surface area is 122 Å². The average Bonchev–Trinajstić information content (AvgIpc) is 2.85. The highest BCUT2D eigenvalue weighted by atomic mass is 32.2. The number of hydrogen-bond acceptors (Lipinski definition) is 5. The fourth-order valence-corrected chi connectivity index (χ4v) is 5.75. The number of carbonyl (C=O) groups is 1. The van der Waals surface area contributed by atoms with E-state index in [1.165, 1.54) is 36.3 Å². The molecule has 1 N–H and O–H groups in total. The van der Waals surface area contributed by atoms with Gasteiger partial charge >= 0.3 is 5.97 Å². The molecule has 1 saturated heterocycles. The molecule has 1 aromatic heterocycles. The van der Waals surface area contributed by atoms with Crippen molar-refractivity contribution >= 4 is 27.8 Å². The topological polar surface area (TPSA) is 87.6 Å². The Morgan fingerprint density at radius 2 is 2.35 bits per heavy atom. The first-order valence-corrected chi connectivity index (χ1v) is 8.75. The molecule has 1 aromatic rings. The first kappa shape index (κ1) is 15.3. The molecular weight excluding hydrogens is 300 g/mol. The second-order valence-corrected chi connectivity index (χ2v) is 7.51. The molecular formula is C12H16N2O4S2. The fraction of sp³-hybridized carbons (Fsp3) is 0.500. The minimum atomic E-state index is -3.84. The predicted molar refractivity (Wildman–Crippen MR) is 75.8 cm³/mol. The molecule has 1 fully saturated rings. The number of rotatable bonds is 5. The molecule has 1 aliphatic rings. The summed E-state index contributed by atoms with van der Waals surface area (Å²) in [5.74, 6) is -0.831. The minimum Gasteiger partial charge on any atom is -0.480 e. The molecule has 6 nitrogen and oxygen atoms in total. The van der Waals surface area contributed by atoms with Crippen LogP contribution in [0, 0.1) is 0 Å². The number of thioether (sulfide) groups is 1. The van der Waals surface area contributed by atoms with Crippen molar-refractivity contribution in [3.63, 3.8) is 0 Å². The fourth-order valence-electron chi connectivity index (χ4n) is 2.13. The molecule has 1 aliphatic heterocycles. The van der Waals surface area contributed by atoms with Crippen LogP contribution in [0.15, 0.2) is 29.4 Å². The molecule has 110 valence electrons. The summed E-state index contributed by atoms with van der Waals surface area (Å²) < 4.78 is 26.4. The third-order valence-corrected chi connectivity index (χ3v) is 6.46. The third-order valence-electron chi connectivity index (χ3n) is 3.07. The lowest BCUT2D eigenvalue weighted by atomic mass is 10.3. The predicted octanol–water partition coefficient (Wildman–Crippen LogP) is 1.40. The van der Waals surface area contributed by atoms with E-state index in [-0.39, 0.29) is 16.0 Å². The molecule has 8 heteroatoms. The van der Waals surface area contributed by atoms with Gasteiger partial charge in [-0.15, -0.1) is 11.8 Å². The van der Waals surface area contributed by atoms with E-state index in [9.17, 15) is 18.3 Å². The summed E-state index contributed by atoms with van der Waals surface area (Å²) in [7, 11) is -3.84. The molecule has 0 amide bonds. The van der Waals surface area contributed by atoms with E-state index in [4.69, 9.17) is 0 Å². The third kappa shape index (κ3) is 2.82. The van der Waals surface area contributed by atoms with Gasteiger partial charge in [0.05, 0.1) is 5.37 Å². The maximum absolute atomic E-state index is 12.6. The number of nitrogens with zero attached hydrogens (tertiary/aromatic N) is 2. The van der Waals surface area contributed by atoms with Crippen molar-refractivity contribution in [3.05, 3.63) is 24.5 Å². The Kier molecular flexibility index (Phi) is 4.66. The summed E-state index contributed by atoms with van der Waals surface area (Å²) in [4.78, 5) is 15.1. The Morgan fingerprint density at radius 1 is 1.60 bits per heavy atom. The standard InChI is InChI=1S/C12H16N2O4S2/c1-2-4-11-14(10(8-19-11)12(15)16)20(17,18)9-5-3-6-13-7-9/h3,5-7,10-11H,2,4,8H2,1H3,(H,15,16). The van der Waals surface area contributed by atoms with Crippen LogP contribution in [0.5, 0.6) is 0 Å². The van der Waals surface area contributed by atoms with Gasteiger partial charge in [0.2, 0.25) is 10.0 Å². The first-order chi connectivity index (χ1) is 9.48. The van der Waals surface area contributed by atoms with Crippen LogP contribution in [0.25, 0.3) is 0 Å². The van der Waals surface area contributed by atoms with E-state index >= 15 is 0 Å². The van der Waals surface area contributed by atoms with Crippen molar-refractivity contribution < 1.29 is 18.3 Å². The maximum atomic E-state index is 12.6. The van der Waals surface area contributed by atoms with Crippen LogP contribution in [0.1, 0.15) is 19.8 Å². The lowest BCUT2D eigenvalue weighted by Crippen LogP contribution is -2.45. The Morgan fingerprint density at radius 3 is 2.90 bits per heavy atom. The van der Waals surface area contributed by atoms with Crippen molar-refractivity contribution in [1.82, 2.24) is 9.29 Å². The van der Waals surface area contributed by atoms with Gasteiger partial charge in [0.1, 0.15) is 10.9 Å². The van der Waals surface area contributed by atoms with Crippen molar-refractivity contribution in [2.24, 2.45) is 0 Å². The van der Waals surface area contributed by atoms with Crippen molar-refractivity contribution in [2.45, 2.75) is 36.1 Å². The molecule has 0 aromatic carbocycles. The Bertz CT molecular complexity index is 576. The molecule has 0 saturated carbocycles. The number of sulfonamides is 1. The SMILES string of the molecule is CCCC1SCC(C(=O)O)N1S(=O)(=O)c1cccnc1. The van der Waals surface area contributed by atoms with Crippen molar-refractivity contribution in [1.29, 1.82) is 0 Å². The van der Waals surface area contributed by atoms with E-state index in [0.29, 0.717) is 6.42 Å². The molecule has 2 atom stereocenters. The van der Waals surface area contributed by atoms with Crippen molar-refractivity contribution in [2.75, 3.05) is 5.75 Å². The zero-order valence-corrected chi connectivity index (χ0v) is 12.6. The summed E-state index contributed by atoms with van der Waals surface area (Å²) in [6.07, 6.45) is 4.16. The maximum Gasteiger partial charge on any atom is 0.322 e. The summed E-state index contributed by atoms with van der Waals surface area (Å²) in [5, 5.41) is 8.92. The van der Waals surface area contributed by atoms with Crippen LogP contribution in [0.4, 0.5) is 0 Å². The van der Waals surface area contributed by atoms with Gasteiger partial charge in [-0.2, -0.15) is 4.31 Å². The summed E-state index contributed by atoms with van der Waals surface area (Å²) in [6, 6.07) is 1.95. The zero-order chi connectivity index (χ0) is 14.8. The van der Waals surface area contributed by atoms with E-state index in [1.54, 1.807) is 0 Å². The second kappa shape index (κ2) is 6.11. The largest absolute Gasteiger partial charge is 0.480 e. The normalized spacial score (nSPS) is 23.9. The summed E-state index contributed by atoms with van der Waals surface area (Å²) in [5.41, 5.74) is 0. The molecule has 2 unspecified atom stereocenters. The number of carboxylic acids is 1. The number of carboxylic acid groups (broad SMARTS) is 1. The van der Waals surface area contributed by atoms with Crippen molar-refractivity contribution in [3.8, 4) is 0 Å². The van der Waals surface area contributed by atoms with Crippen LogP contribution >= 0.6 is 11.8 Å². The summed E-state index contributed by atoms with van der Waals surface area (Å²) >= 11 is 1.38. The molecule has 20 heavy (non-hydrogen) atoms. The second-order valence-electron chi connectivity index (χ2n) is 4.45.